The van der Waals surface area contributed by atoms with Crippen molar-refractivity contribution in [3.8, 4) is 0 Å². The van der Waals surface area contributed by atoms with E-state index in [1.165, 1.54) is 0 Å². The van der Waals surface area contributed by atoms with E-state index in [1.807, 2.05) is 72.6 Å². The Morgan fingerprint density at radius 2 is 1.55 bits per heavy atom. The number of hydrogen-bond donors (Lipinski definition) is 1. The second kappa shape index (κ2) is 7.68. The Bertz CT molecular complexity index is 531. The van der Waals surface area contributed by atoms with Crippen molar-refractivity contribution in [3.63, 3.8) is 0 Å². The van der Waals surface area contributed by atoms with Gasteiger partial charge in [-0.2, -0.15) is 0 Å². The molecule has 0 fully saturated rings. The number of carbonyl (C=O) groups is 1. The van der Waals surface area contributed by atoms with Gasteiger partial charge < -0.3 is 5.73 Å². The van der Waals surface area contributed by atoms with Gasteiger partial charge in [0.05, 0.1) is 0 Å². The molecular formula is C16H19ClN2O. The second-order valence-corrected chi connectivity index (χ2v) is 4.62. The molecule has 0 aromatic heterocycles. The molecule has 2 aromatic rings. The largest absolute Gasteiger partial charge is 0.368 e. The first-order valence-corrected chi connectivity index (χ1v) is 6.27. The summed E-state index contributed by atoms with van der Waals surface area (Å²) in [6.07, 6.45) is 0. The lowest BCUT2D eigenvalue weighted by atomic mass is 10.0. The fraction of sp³-hybridized carbons (Fsp3) is 0.188. The fourth-order valence-electron chi connectivity index (χ4n) is 2.23. The Morgan fingerprint density at radius 1 is 1.05 bits per heavy atom. The van der Waals surface area contributed by atoms with Gasteiger partial charge in [-0.3, -0.25) is 9.69 Å². The van der Waals surface area contributed by atoms with Crippen LogP contribution in [-0.2, 0) is 11.3 Å². The van der Waals surface area contributed by atoms with Crippen molar-refractivity contribution in [1.29, 1.82) is 0 Å². The number of benzene rings is 2. The van der Waals surface area contributed by atoms with Gasteiger partial charge in [-0.15, -0.1) is 12.4 Å². The van der Waals surface area contributed by atoms with E-state index in [2.05, 4.69) is 0 Å². The molecule has 0 unspecified atom stereocenters. The first-order chi connectivity index (χ1) is 9.18. The molecule has 2 N–H and O–H groups in total. The van der Waals surface area contributed by atoms with Crippen LogP contribution >= 0.6 is 12.4 Å². The van der Waals surface area contributed by atoms with Crippen LogP contribution in [0, 0.1) is 0 Å². The van der Waals surface area contributed by atoms with E-state index in [9.17, 15) is 4.79 Å². The third-order valence-electron chi connectivity index (χ3n) is 3.10. The molecule has 0 saturated carbocycles. The summed E-state index contributed by atoms with van der Waals surface area (Å²) in [4.78, 5) is 13.7. The minimum atomic E-state index is -0.401. The number of carbonyl (C=O) groups excluding carboxylic acids is 1. The van der Waals surface area contributed by atoms with Crippen LogP contribution in [0.15, 0.2) is 60.7 Å². The van der Waals surface area contributed by atoms with Gasteiger partial charge in [0.2, 0.25) is 5.91 Å². The molecule has 0 spiro atoms. The standard InChI is InChI=1S/C16H18N2O.ClH/c1-18(12-13-8-4-2-5-9-13)15(16(17)19)14-10-6-3-7-11-14;/h2-11,15H,12H2,1H3,(H2,17,19);1H/t15-;/m0./s1. The van der Waals surface area contributed by atoms with Gasteiger partial charge in [-0.05, 0) is 18.2 Å². The van der Waals surface area contributed by atoms with Crippen molar-refractivity contribution in [2.45, 2.75) is 12.6 Å². The van der Waals surface area contributed by atoms with Crippen LogP contribution in [0.4, 0.5) is 0 Å². The van der Waals surface area contributed by atoms with E-state index in [1.54, 1.807) is 0 Å². The lowest BCUT2D eigenvalue weighted by Gasteiger charge is -2.25. The Hall–Kier alpha value is -1.84. The summed E-state index contributed by atoms with van der Waals surface area (Å²) in [6.45, 7) is 0.684. The van der Waals surface area contributed by atoms with Gasteiger partial charge in [0.15, 0.2) is 0 Å². The molecule has 0 aliphatic heterocycles. The van der Waals surface area contributed by atoms with E-state index < -0.39 is 6.04 Å². The van der Waals surface area contributed by atoms with Gasteiger partial charge >= 0.3 is 0 Å². The highest BCUT2D eigenvalue weighted by atomic mass is 35.5. The number of nitrogens with two attached hydrogens (primary N) is 1. The van der Waals surface area contributed by atoms with Crippen LogP contribution in [0.5, 0.6) is 0 Å². The molecule has 2 rings (SSSR count). The molecule has 20 heavy (non-hydrogen) atoms. The number of halogens is 1. The molecule has 0 aliphatic carbocycles. The van der Waals surface area contributed by atoms with Crippen molar-refractivity contribution < 1.29 is 4.79 Å². The minimum absolute atomic E-state index is 0. The SMILES string of the molecule is CN(Cc1ccccc1)[C@H](C(N)=O)c1ccccc1.Cl. The number of rotatable bonds is 5. The summed E-state index contributed by atoms with van der Waals surface area (Å²) in [5.74, 6) is -0.329. The molecule has 0 heterocycles. The smallest absolute Gasteiger partial charge is 0.239 e. The van der Waals surface area contributed by atoms with Crippen LogP contribution in [0.3, 0.4) is 0 Å². The molecule has 0 saturated heterocycles. The Morgan fingerprint density at radius 3 is 2.05 bits per heavy atom. The predicted octanol–water partition coefficient (Wildman–Crippen LogP) is 2.77. The Balaban J connectivity index is 0.00000200. The summed E-state index contributed by atoms with van der Waals surface area (Å²) < 4.78 is 0. The predicted molar refractivity (Wildman–Crippen MR) is 83.5 cm³/mol. The highest BCUT2D eigenvalue weighted by Crippen LogP contribution is 2.20. The molecule has 0 aliphatic rings. The average Bonchev–Trinajstić information content (AvgIpc) is 2.40. The summed E-state index contributed by atoms with van der Waals surface area (Å²) in [5.41, 5.74) is 7.63. The molecule has 3 nitrogen and oxygen atoms in total. The third-order valence-corrected chi connectivity index (χ3v) is 3.10. The van der Waals surface area contributed by atoms with Gasteiger partial charge in [0, 0.05) is 6.54 Å². The molecular weight excluding hydrogens is 272 g/mol. The summed E-state index contributed by atoms with van der Waals surface area (Å²) in [7, 11) is 1.91. The zero-order valence-electron chi connectivity index (χ0n) is 11.4. The first-order valence-electron chi connectivity index (χ1n) is 6.27. The van der Waals surface area contributed by atoms with E-state index in [0.29, 0.717) is 6.54 Å². The fourth-order valence-corrected chi connectivity index (χ4v) is 2.23. The highest BCUT2D eigenvalue weighted by molar-refractivity contribution is 5.85. The normalized spacial score (nSPS) is 11.7. The van der Waals surface area contributed by atoms with Gasteiger partial charge in [-0.1, -0.05) is 60.7 Å². The number of amides is 1. The van der Waals surface area contributed by atoms with Crippen molar-refractivity contribution in [1.82, 2.24) is 4.90 Å². The number of hydrogen-bond acceptors (Lipinski definition) is 2. The van der Waals surface area contributed by atoms with Gasteiger partial charge in [0.1, 0.15) is 6.04 Å². The molecule has 0 bridgehead atoms. The minimum Gasteiger partial charge on any atom is -0.368 e. The van der Waals surface area contributed by atoms with Crippen molar-refractivity contribution in [3.05, 3.63) is 71.8 Å². The first kappa shape index (κ1) is 16.2. The monoisotopic (exact) mass is 290 g/mol. The van der Waals surface area contributed by atoms with Gasteiger partial charge in [0.25, 0.3) is 0 Å². The Kier molecular flexibility index (Phi) is 6.22. The summed E-state index contributed by atoms with van der Waals surface area (Å²) in [5, 5.41) is 0. The lowest BCUT2D eigenvalue weighted by Crippen LogP contribution is -2.34. The molecule has 1 atom stereocenters. The molecule has 106 valence electrons. The highest BCUT2D eigenvalue weighted by Gasteiger charge is 2.22. The molecule has 0 radical (unpaired) electrons. The number of nitrogens with zero attached hydrogens (tertiary/aromatic N) is 1. The maximum atomic E-state index is 11.7. The lowest BCUT2D eigenvalue weighted by molar-refractivity contribution is -0.123. The van der Waals surface area contributed by atoms with Crippen LogP contribution in [-0.4, -0.2) is 17.9 Å². The quantitative estimate of drug-likeness (QED) is 0.920. The third kappa shape index (κ3) is 4.08. The van der Waals surface area contributed by atoms with E-state index in [-0.39, 0.29) is 18.3 Å². The molecule has 1 amide bonds. The maximum Gasteiger partial charge on any atom is 0.239 e. The van der Waals surface area contributed by atoms with Crippen LogP contribution < -0.4 is 5.73 Å². The van der Waals surface area contributed by atoms with Crippen molar-refractivity contribution in [2.75, 3.05) is 7.05 Å². The maximum absolute atomic E-state index is 11.7. The molecule has 4 heteroatoms. The van der Waals surface area contributed by atoms with Crippen LogP contribution in [0.1, 0.15) is 17.2 Å². The number of primary amides is 1. The second-order valence-electron chi connectivity index (χ2n) is 4.62. The van der Waals surface area contributed by atoms with E-state index >= 15 is 0 Å². The number of likely N-dealkylation sites (N-methyl/N-ethyl adjacent to an activating group) is 1. The van der Waals surface area contributed by atoms with Crippen molar-refractivity contribution >= 4 is 18.3 Å². The Labute approximate surface area is 125 Å². The topological polar surface area (TPSA) is 46.3 Å². The zero-order chi connectivity index (χ0) is 13.7. The summed E-state index contributed by atoms with van der Waals surface area (Å²) in [6, 6.07) is 19.3. The summed E-state index contributed by atoms with van der Waals surface area (Å²) >= 11 is 0. The van der Waals surface area contributed by atoms with E-state index in [4.69, 9.17) is 5.73 Å². The van der Waals surface area contributed by atoms with Crippen LogP contribution in [0.2, 0.25) is 0 Å². The van der Waals surface area contributed by atoms with Crippen molar-refractivity contribution in [2.24, 2.45) is 5.73 Å². The average molecular weight is 291 g/mol. The zero-order valence-corrected chi connectivity index (χ0v) is 12.2. The molecule has 2 aromatic carbocycles. The van der Waals surface area contributed by atoms with E-state index in [0.717, 1.165) is 11.1 Å². The van der Waals surface area contributed by atoms with Gasteiger partial charge in [-0.25, -0.2) is 0 Å². The van der Waals surface area contributed by atoms with Crippen LogP contribution in [0.25, 0.3) is 0 Å².